The number of hydrogen-bond donors (Lipinski definition) is 0. The first-order valence-corrected chi connectivity index (χ1v) is 11.0. The van der Waals surface area contributed by atoms with Gasteiger partial charge in [-0.3, -0.25) is 4.79 Å². The maximum atomic E-state index is 12.8. The number of aromatic nitrogens is 3. The minimum absolute atomic E-state index is 0.218. The predicted molar refractivity (Wildman–Crippen MR) is 110 cm³/mol. The van der Waals surface area contributed by atoms with Gasteiger partial charge in [-0.25, -0.2) is 0 Å². The van der Waals surface area contributed by atoms with Crippen LogP contribution in [-0.2, 0) is 17.8 Å². The van der Waals surface area contributed by atoms with E-state index in [1.54, 1.807) is 0 Å². The molecule has 0 unspecified atom stereocenters. The molecule has 146 valence electrons. The van der Waals surface area contributed by atoms with Crippen molar-refractivity contribution in [1.82, 2.24) is 19.7 Å². The summed E-state index contributed by atoms with van der Waals surface area (Å²) in [4.78, 5) is 14.9. The lowest BCUT2D eigenvalue weighted by atomic mass is 9.98. The molecular weight excluding hydrogens is 356 g/mol. The molecule has 3 rings (SSSR count). The molecule has 1 aromatic carbocycles. The Balaban J connectivity index is 1.68. The maximum absolute atomic E-state index is 12.8. The summed E-state index contributed by atoms with van der Waals surface area (Å²) in [6, 6.07) is 11.0. The van der Waals surface area contributed by atoms with Crippen molar-refractivity contribution in [2.75, 3.05) is 5.75 Å². The standard InChI is InChI=1S/C21H30N4OS/c1-4-13-24-19(14-18-11-6-5-7-12-18)22-23-21(24)27-15-20(26)25-16(2)9-8-10-17(25)3/h5-7,11-12,16-17H,4,8-10,13-15H2,1-3H3/t16-,17-/m0/s1. The van der Waals surface area contributed by atoms with E-state index in [1.807, 2.05) is 18.2 Å². The SMILES string of the molecule is CCCn1c(Cc2ccccc2)nnc1SCC(=O)N1[C@@H](C)CCC[C@@H]1C. The second kappa shape index (κ2) is 9.40. The topological polar surface area (TPSA) is 51.0 Å². The molecule has 1 saturated heterocycles. The first kappa shape index (κ1) is 19.9. The number of likely N-dealkylation sites (tertiary alicyclic amines) is 1. The first-order chi connectivity index (χ1) is 13.1. The normalized spacial score (nSPS) is 20.0. The zero-order valence-corrected chi connectivity index (χ0v) is 17.4. The monoisotopic (exact) mass is 386 g/mol. The Bertz CT molecular complexity index is 736. The molecule has 0 saturated carbocycles. The molecule has 1 aromatic heterocycles. The Kier molecular flexibility index (Phi) is 6.94. The van der Waals surface area contributed by atoms with Crippen LogP contribution >= 0.6 is 11.8 Å². The number of carbonyl (C=O) groups is 1. The smallest absolute Gasteiger partial charge is 0.233 e. The fourth-order valence-electron chi connectivity index (χ4n) is 3.90. The zero-order valence-electron chi connectivity index (χ0n) is 16.6. The molecule has 6 heteroatoms. The van der Waals surface area contributed by atoms with Crippen molar-refractivity contribution in [2.45, 2.75) is 76.7 Å². The van der Waals surface area contributed by atoms with E-state index < -0.39 is 0 Å². The highest BCUT2D eigenvalue weighted by atomic mass is 32.2. The summed E-state index contributed by atoms with van der Waals surface area (Å²) >= 11 is 1.52. The number of nitrogens with zero attached hydrogens (tertiary/aromatic N) is 4. The summed E-state index contributed by atoms with van der Waals surface area (Å²) in [7, 11) is 0. The van der Waals surface area contributed by atoms with E-state index in [0.717, 1.165) is 43.2 Å². The third kappa shape index (κ3) is 4.92. The van der Waals surface area contributed by atoms with E-state index in [0.29, 0.717) is 17.8 Å². The zero-order chi connectivity index (χ0) is 19.2. The van der Waals surface area contributed by atoms with Gasteiger partial charge in [0.05, 0.1) is 5.75 Å². The summed E-state index contributed by atoms with van der Waals surface area (Å²) in [6.07, 6.45) is 5.21. The molecule has 1 aliphatic rings. The minimum Gasteiger partial charge on any atom is -0.337 e. The average Bonchev–Trinajstić information content (AvgIpc) is 3.03. The number of thioether (sulfide) groups is 1. The number of amides is 1. The molecule has 0 bridgehead atoms. The van der Waals surface area contributed by atoms with Crippen LogP contribution in [0, 0.1) is 0 Å². The van der Waals surface area contributed by atoms with Gasteiger partial charge in [-0.2, -0.15) is 0 Å². The van der Waals surface area contributed by atoms with Crippen molar-refractivity contribution in [3.8, 4) is 0 Å². The Labute approximate surface area is 166 Å². The van der Waals surface area contributed by atoms with Crippen LogP contribution in [0.5, 0.6) is 0 Å². The molecule has 1 fully saturated rings. The van der Waals surface area contributed by atoms with Crippen LogP contribution in [0.3, 0.4) is 0 Å². The molecule has 1 amide bonds. The molecular formula is C21H30N4OS. The molecule has 1 aliphatic heterocycles. The predicted octanol–water partition coefficient (Wildman–Crippen LogP) is 4.16. The van der Waals surface area contributed by atoms with E-state index in [1.165, 1.54) is 23.7 Å². The van der Waals surface area contributed by atoms with E-state index in [4.69, 9.17) is 0 Å². The largest absolute Gasteiger partial charge is 0.337 e. The van der Waals surface area contributed by atoms with Gasteiger partial charge in [-0.15, -0.1) is 10.2 Å². The lowest BCUT2D eigenvalue weighted by Crippen LogP contribution is -2.48. The Morgan fingerprint density at radius 1 is 1.15 bits per heavy atom. The van der Waals surface area contributed by atoms with E-state index >= 15 is 0 Å². The van der Waals surface area contributed by atoms with Crippen LogP contribution in [0.2, 0.25) is 0 Å². The third-order valence-corrected chi connectivity index (χ3v) is 6.20. The Morgan fingerprint density at radius 2 is 1.85 bits per heavy atom. The second-order valence-corrected chi connectivity index (χ2v) is 8.37. The fraction of sp³-hybridized carbons (Fsp3) is 0.571. The highest BCUT2D eigenvalue weighted by Crippen LogP contribution is 2.25. The summed E-state index contributed by atoms with van der Waals surface area (Å²) < 4.78 is 2.17. The summed E-state index contributed by atoms with van der Waals surface area (Å²) in [5.41, 5.74) is 1.23. The number of rotatable bonds is 7. The minimum atomic E-state index is 0.218. The summed E-state index contributed by atoms with van der Waals surface area (Å²) in [5, 5.41) is 9.66. The van der Waals surface area contributed by atoms with Gasteiger partial charge < -0.3 is 9.47 Å². The van der Waals surface area contributed by atoms with Gasteiger partial charge in [-0.1, -0.05) is 49.0 Å². The van der Waals surface area contributed by atoms with Gasteiger partial charge in [0.1, 0.15) is 5.82 Å². The quantitative estimate of drug-likeness (QED) is 0.671. The molecule has 5 nitrogen and oxygen atoms in total. The highest BCUT2D eigenvalue weighted by Gasteiger charge is 2.29. The molecule has 2 aromatic rings. The fourth-order valence-corrected chi connectivity index (χ4v) is 4.75. The van der Waals surface area contributed by atoms with E-state index in [9.17, 15) is 4.79 Å². The van der Waals surface area contributed by atoms with Gasteiger partial charge in [0.25, 0.3) is 0 Å². The maximum Gasteiger partial charge on any atom is 0.233 e. The van der Waals surface area contributed by atoms with Gasteiger partial charge in [0.15, 0.2) is 5.16 Å². The van der Waals surface area contributed by atoms with Crippen LogP contribution in [0.15, 0.2) is 35.5 Å². The Morgan fingerprint density at radius 3 is 2.52 bits per heavy atom. The number of carbonyl (C=O) groups excluding carboxylic acids is 1. The first-order valence-electron chi connectivity index (χ1n) is 10.00. The highest BCUT2D eigenvalue weighted by molar-refractivity contribution is 7.99. The van der Waals surface area contributed by atoms with Crippen molar-refractivity contribution < 1.29 is 4.79 Å². The van der Waals surface area contributed by atoms with Crippen LogP contribution in [-0.4, -0.2) is 43.4 Å². The summed E-state index contributed by atoms with van der Waals surface area (Å²) in [6.45, 7) is 7.36. The van der Waals surface area contributed by atoms with Crippen LogP contribution in [0.25, 0.3) is 0 Å². The van der Waals surface area contributed by atoms with Gasteiger partial charge in [0, 0.05) is 25.0 Å². The second-order valence-electron chi connectivity index (χ2n) is 7.43. The molecule has 2 atom stereocenters. The van der Waals surface area contributed by atoms with Crippen molar-refractivity contribution in [1.29, 1.82) is 0 Å². The number of hydrogen-bond acceptors (Lipinski definition) is 4. The van der Waals surface area contributed by atoms with Crippen LogP contribution in [0.1, 0.15) is 57.8 Å². The molecule has 0 aliphatic carbocycles. The van der Waals surface area contributed by atoms with Crippen molar-refractivity contribution in [2.24, 2.45) is 0 Å². The van der Waals surface area contributed by atoms with Gasteiger partial charge in [-0.05, 0) is 45.1 Å². The Hall–Kier alpha value is -1.82. The van der Waals surface area contributed by atoms with Gasteiger partial charge in [0.2, 0.25) is 5.91 Å². The van der Waals surface area contributed by atoms with Crippen LogP contribution in [0.4, 0.5) is 0 Å². The average molecular weight is 387 g/mol. The van der Waals surface area contributed by atoms with Crippen molar-refractivity contribution in [3.05, 3.63) is 41.7 Å². The molecule has 2 heterocycles. The van der Waals surface area contributed by atoms with Gasteiger partial charge >= 0.3 is 0 Å². The number of benzene rings is 1. The third-order valence-electron chi connectivity index (χ3n) is 5.25. The number of piperidine rings is 1. The van der Waals surface area contributed by atoms with Crippen molar-refractivity contribution in [3.63, 3.8) is 0 Å². The lowest BCUT2D eigenvalue weighted by Gasteiger charge is -2.39. The van der Waals surface area contributed by atoms with E-state index in [2.05, 4.69) is 52.6 Å². The molecule has 27 heavy (non-hydrogen) atoms. The lowest BCUT2D eigenvalue weighted by molar-refractivity contribution is -0.134. The van der Waals surface area contributed by atoms with Crippen LogP contribution < -0.4 is 0 Å². The molecule has 0 spiro atoms. The van der Waals surface area contributed by atoms with E-state index in [-0.39, 0.29) is 5.91 Å². The molecule has 0 N–H and O–H groups in total. The summed E-state index contributed by atoms with van der Waals surface area (Å²) in [5.74, 6) is 1.62. The van der Waals surface area contributed by atoms with Crippen molar-refractivity contribution >= 4 is 17.7 Å². The molecule has 0 radical (unpaired) electrons.